The van der Waals surface area contributed by atoms with Gasteiger partial charge in [0, 0.05) is 28.4 Å². The Kier molecular flexibility index (Phi) is 4.15. The third-order valence-electron chi connectivity index (χ3n) is 3.58. The fraction of sp³-hybridized carbons (Fsp3) is 0.267. The third-order valence-corrected chi connectivity index (χ3v) is 5.44. The van der Waals surface area contributed by atoms with E-state index in [9.17, 15) is 4.79 Å². The number of hydrogen-bond donors (Lipinski definition) is 0. The maximum atomic E-state index is 12.6. The maximum Gasteiger partial charge on any atom is 0.255 e. The highest BCUT2D eigenvalue weighted by Gasteiger charge is 2.29. The molecule has 1 aromatic heterocycles. The van der Waals surface area contributed by atoms with Gasteiger partial charge in [-0.2, -0.15) is 0 Å². The van der Waals surface area contributed by atoms with E-state index >= 15 is 0 Å². The number of nitrogens with zero attached hydrogens (tertiary/aromatic N) is 1. The molecule has 0 aliphatic carbocycles. The van der Waals surface area contributed by atoms with Crippen LogP contribution in [0.15, 0.2) is 40.2 Å². The molecule has 1 aliphatic rings. The number of halogens is 2. The first-order valence-corrected chi connectivity index (χ1v) is 8.48. The number of carbonyl (C=O) groups excluding carboxylic acids is 1. The van der Waals surface area contributed by atoms with Crippen LogP contribution in [0.4, 0.5) is 0 Å². The molecule has 1 unspecified atom stereocenters. The molecule has 2 nitrogen and oxygen atoms in total. The van der Waals surface area contributed by atoms with Gasteiger partial charge in [0.2, 0.25) is 0 Å². The maximum absolute atomic E-state index is 12.6. The van der Waals surface area contributed by atoms with Gasteiger partial charge in [-0.3, -0.25) is 4.79 Å². The number of benzene rings is 1. The summed E-state index contributed by atoms with van der Waals surface area (Å²) in [6.45, 7) is 1.58. The van der Waals surface area contributed by atoms with E-state index in [1.807, 2.05) is 11.0 Å². The Hall–Kier alpha value is -0.840. The van der Waals surface area contributed by atoms with Gasteiger partial charge in [0.15, 0.2) is 0 Å². The van der Waals surface area contributed by atoms with Crippen LogP contribution in [0, 0.1) is 0 Å². The number of carbonyl (C=O) groups is 1. The SMILES string of the molecule is O=C(c1cc(Br)ccc1Cl)N1CCC(c2cccs2)C1. The average molecular weight is 371 g/mol. The zero-order valence-electron chi connectivity index (χ0n) is 10.7. The van der Waals surface area contributed by atoms with Crippen molar-refractivity contribution in [3.8, 4) is 0 Å². The quantitative estimate of drug-likeness (QED) is 0.744. The van der Waals surface area contributed by atoms with Crippen molar-refractivity contribution >= 4 is 44.8 Å². The molecule has 20 heavy (non-hydrogen) atoms. The molecule has 2 heterocycles. The number of rotatable bonds is 2. The largest absolute Gasteiger partial charge is 0.338 e. The van der Waals surface area contributed by atoms with E-state index in [-0.39, 0.29) is 5.91 Å². The highest BCUT2D eigenvalue weighted by Crippen LogP contribution is 2.32. The molecular weight excluding hydrogens is 358 g/mol. The van der Waals surface area contributed by atoms with Gasteiger partial charge in [0.05, 0.1) is 10.6 Å². The summed E-state index contributed by atoms with van der Waals surface area (Å²) in [6.07, 6.45) is 1.03. The number of amides is 1. The van der Waals surface area contributed by atoms with Crippen molar-refractivity contribution in [3.05, 3.63) is 55.6 Å². The van der Waals surface area contributed by atoms with Gasteiger partial charge in [-0.1, -0.05) is 33.6 Å². The Labute approximate surface area is 135 Å². The van der Waals surface area contributed by atoms with Crippen molar-refractivity contribution in [2.45, 2.75) is 12.3 Å². The van der Waals surface area contributed by atoms with Crippen LogP contribution in [-0.2, 0) is 0 Å². The Bertz CT molecular complexity index is 629. The van der Waals surface area contributed by atoms with Crippen molar-refractivity contribution < 1.29 is 4.79 Å². The minimum atomic E-state index is 0.0235. The molecule has 0 N–H and O–H groups in total. The van der Waals surface area contributed by atoms with Crippen molar-refractivity contribution in [3.63, 3.8) is 0 Å². The third kappa shape index (κ3) is 2.78. The molecule has 5 heteroatoms. The summed E-state index contributed by atoms with van der Waals surface area (Å²) in [5, 5.41) is 2.60. The van der Waals surface area contributed by atoms with E-state index in [0.717, 1.165) is 24.0 Å². The number of hydrogen-bond acceptors (Lipinski definition) is 2. The molecule has 0 saturated carbocycles. The smallest absolute Gasteiger partial charge is 0.255 e. The molecule has 0 radical (unpaired) electrons. The monoisotopic (exact) mass is 369 g/mol. The minimum absolute atomic E-state index is 0.0235. The lowest BCUT2D eigenvalue weighted by Crippen LogP contribution is -2.28. The fourth-order valence-electron chi connectivity index (χ4n) is 2.53. The molecule has 104 valence electrons. The first kappa shape index (κ1) is 14.1. The van der Waals surface area contributed by atoms with Gasteiger partial charge in [0.25, 0.3) is 5.91 Å². The molecule has 0 spiro atoms. The molecular formula is C15H13BrClNOS. The normalized spacial score (nSPS) is 18.5. The second-order valence-corrected chi connectivity index (χ2v) is 7.18. The van der Waals surface area contributed by atoms with Gasteiger partial charge in [-0.25, -0.2) is 0 Å². The predicted molar refractivity (Wildman–Crippen MR) is 86.7 cm³/mol. The van der Waals surface area contributed by atoms with E-state index in [4.69, 9.17) is 11.6 Å². The Morgan fingerprint density at radius 3 is 3.00 bits per heavy atom. The van der Waals surface area contributed by atoms with Crippen LogP contribution in [0.5, 0.6) is 0 Å². The van der Waals surface area contributed by atoms with Crippen molar-refractivity contribution in [2.24, 2.45) is 0 Å². The summed E-state index contributed by atoms with van der Waals surface area (Å²) < 4.78 is 0.874. The van der Waals surface area contributed by atoms with E-state index in [0.29, 0.717) is 16.5 Å². The molecule has 1 atom stereocenters. The minimum Gasteiger partial charge on any atom is -0.338 e. The van der Waals surface area contributed by atoms with Crippen LogP contribution in [0.25, 0.3) is 0 Å². The lowest BCUT2D eigenvalue weighted by molar-refractivity contribution is 0.0791. The summed E-state index contributed by atoms with van der Waals surface area (Å²) >= 11 is 11.3. The Balaban J connectivity index is 1.77. The van der Waals surface area contributed by atoms with Gasteiger partial charge in [0.1, 0.15) is 0 Å². The molecule has 1 saturated heterocycles. The van der Waals surface area contributed by atoms with Crippen molar-refractivity contribution in [2.75, 3.05) is 13.1 Å². The molecule has 1 aromatic carbocycles. The molecule has 0 bridgehead atoms. The van der Waals surface area contributed by atoms with Gasteiger partial charge >= 0.3 is 0 Å². The lowest BCUT2D eigenvalue weighted by atomic mass is 10.1. The highest BCUT2D eigenvalue weighted by atomic mass is 79.9. The van der Waals surface area contributed by atoms with Gasteiger partial charge in [-0.15, -0.1) is 11.3 Å². The van der Waals surface area contributed by atoms with E-state index in [1.165, 1.54) is 4.88 Å². The number of thiophene rings is 1. The zero-order valence-corrected chi connectivity index (χ0v) is 13.8. The van der Waals surface area contributed by atoms with Crippen molar-refractivity contribution in [1.82, 2.24) is 4.90 Å². The zero-order chi connectivity index (χ0) is 14.1. The van der Waals surface area contributed by atoms with Gasteiger partial charge < -0.3 is 4.90 Å². The first-order valence-electron chi connectivity index (χ1n) is 6.43. The first-order chi connectivity index (χ1) is 9.65. The predicted octanol–water partition coefficient (Wildman–Crippen LogP) is 4.79. The molecule has 3 rings (SSSR count). The molecule has 2 aromatic rings. The van der Waals surface area contributed by atoms with E-state index in [1.54, 1.807) is 23.5 Å². The summed E-state index contributed by atoms with van der Waals surface area (Å²) in [6, 6.07) is 9.61. The van der Waals surface area contributed by atoms with Crippen LogP contribution >= 0.6 is 38.9 Å². The summed E-state index contributed by atoms with van der Waals surface area (Å²) in [5.41, 5.74) is 0.577. The lowest BCUT2D eigenvalue weighted by Gasteiger charge is -2.17. The second kappa shape index (κ2) is 5.88. The van der Waals surface area contributed by atoms with E-state index in [2.05, 4.69) is 33.4 Å². The fourth-order valence-corrected chi connectivity index (χ4v) is 3.95. The molecule has 1 fully saturated rings. The number of likely N-dealkylation sites (tertiary alicyclic amines) is 1. The van der Waals surface area contributed by atoms with E-state index < -0.39 is 0 Å². The Morgan fingerprint density at radius 2 is 2.25 bits per heavy atom. The van der Waals surface area contributed by atoms with Crippen molar-refractivity contribution in [1.29, 1.82) is 0 Å². The topological polar surface area (TPSA) is 20.3 Å². The van der Waals surface area contributed by atoms with Crippen LogP contribution in [0.1, 0.15) is 27.6 Å². The summed E-state index contributed by atoms with van der Waals surface area (Å²) in [7, 11) is 0. The molecule has 1 amide bonds. The molecule has 1 aliphatic heterocycles. The average Bonchev–Trinajstić information content (AvgIpc) is 3.10. The standard InChI is InChI=1S/C15H13BrClNOS/c16-11-3-4-13(17)12(8-11)15(19)18-6-5-10(9-18)14-2-1-7-20-14/h1-4,7-8,10H,5-6,9H2. The van der Waals surface area contributed by atoms with Crippen LogP contribution in [-0.4, -0.2) is 23.9 Å². The van der Waals surface area contributed by atoms with Crippen LogP contribution in [0.2, 0.25) is 5.02 Å². The summed E-state index contributed by atoms with van der Waals surface area (Å²) in [4.78, 5) is 15.8. The van der Waals surface area contributed by atoms with Crippen LogP contribution in [0.3, 0.4) is 0 Å². The van der Waals surface area contributed by atoms with Crippen LogP contribution < -0.4 is 0 Å². The summed E-state index contributed by atoms with van der Waals surface area (Å²) in [5.74, 6) is 0.486. The van der Waals surface area contributed by atoms with Gasteiger partial charge in [-0.05, 0) is 36.1 Å². The highest BCUT2D eigenvalue weighted by molar-refractivity contribution is 9.10. The second-order valence-electron chi connectivity index (χ2n) is 4.88. The Morgan fingerprint density at radius 1 is 1.40 bits per heavy atom.